The van der Waals surface area contributed by atoms with E-state index in [1.165, 1.54) is 0 Å². The highest BCUT2D eigenvalue weighted by Crippen LogP contribution is 2.10. The number of hydrogen-bond donors (Lipinski definition) is 1. The van der Waals surface area contributed by atoms with E-state index in [4.69, 9.17) is 0 Å². The van der Waals surface area contributed by atoms with E-state index in [0.717, 1.165) is 38.2 Å². The third kappa shape index (κ3) is 4.83. The summed E-state index contributed by atoms with van der Waals surface area (Å²) in [5, 5.41) is 3.30. The Bertz CT molecular complexity index is 397. The quantitative estimate of drug-likeness (QED) is 0.790. The van der Waals surface area contributed by atoms with Gasteiger partial charge in [-0.1, -0.05) is 20.8 Å². The zero-order valence-electron chi connectivity index (χ0n) is 13.1. The summed E-state index contributed by atoms with van der Waals surface area (Å²) in [7, 11) is 0. The van der Waals surface area contributed by atoms with Gasteiger partial charge < -0.3 is 10.2 Å². The zero-order valence-corrected chi connectivity index (χ0v) is 13.1. The summed E-state index contributed by atoms with van der Waals surface area (Å²) in [6.45, 7) is 10.0. The van der Waals surface area contributed by atoms with Gasteiger partial charge in [0.1, 0.15) is 5.82 Å². The summed E-state index contributed by atoms with van der Waals surface area (Å²) in [6.07, 6.45) is 4.67. The molecule has 0 saturated carbocycles. The molecule has 1 aromatic rings. The van der Waals surface area contributed by atoms with E-state index in [9.17, 15) is 4.79 Å². The molecule has 112 valence electrons. The van der Waals surface area contributed by atoms with Crippen molar-refractivity contribution in [3.8, 4) is 0 Å². The molecule has 4 nitrogen and oxygen atoms in total. The fourth-order valence-electron chi connectivity index (χ4n) is 2.00. The number of rotatable bonds is 8. The summed E-state index contributed by atoms with van der Waals surface area (Å²) in [4.78, 5) is 18.6. The number of aromatic nitrogens is 1. The van der Waals surface area contributed by atoms with Crippen LogP contribution in [0.3, 0.4) is 0 Å². The van der Waals surface area contributed by atoms with Crippen molar-refractivity contribution in [2.75, 3.05) is 18.4 Å². The molecule has 1 aromatic heterocycles. The van der Waals surface area contributed by atoms with E-state index in [2.05, 4.69) is 38.0 Å². The number of carbonyl (C=O) groups excluding carboxylic acids is 1. The van der Waals surface area contributed by atoms with Gasteiger partial charge in [0.2, 0.25) is 0 Å². The molecular formula is C16H27N3O. The van der Waals surface area contributed by atoms with Crippen LogP contribution in [0.5, 0.6) is 0 Å². The highest BCUT2D eigenvalue weighted by molar-refractivity contribution is 5.94. The Morgan fingerprint density at radius 2 is 1.90 bits per heavy atom. The fourth-order valence-corrected chi connectivity index (χ4v) is 2.00. The second kappa shape index (κ2) is 8.56. The number of carbonyl (C=O) groups is 1. The molecule has 1 rings (SSSR count). The van der Waals surface area contributed by atoms with Crippen LogP contribution in [0.15, 0.2) is 18.3 Å². The minimum atomic E-state index is 0.0799. The van der Waals surface area contributed by atoms with Gasteiger partial charge in [0.25, 0.3) is 5.91 Å². The van der Waals surface area contributed by atoms with Crippen molar-refractivity contribution in [2.24, 2.45) is 0 Å². The van der Waals surface area contributed by atoms with Gasteiger partial charge in [-0.15, -0.1) is 0 Å². The maximum Gasteiger partial charge on any atom is 0.255 e. The predicted octanol–water partition coefficient (Wildman–Crippen LogP) is 3.55. The van der Waals surface area contributed by atoms with Crippen molar-refractivity contribution in [3.05, 3.63) is 23.9 Å². The first kappa shape index (κ1) is 16.5. The maximum absolute atomic E-state index is 12.4. The Morgan fingerprint density at radius 3 is 2.35 bits per heavy atom. The predicted molar refractivity (Wildman–Crippen MR) is 84.1 cm³/mol. The SMILES string of the molecule is CCCN(CCC)C(=O)c1ccc(NC(C)CC)nc1. The maximum atomic E-state index is 12.4. The molecule has 0 saturated heterocycles. The van der Waals surface area contributed by atoms with Crippen molar-refractivity contribution in [1.82, 2.24) is 9.88 Å². The Labute approximate surface area is 122 Å². The molecule has 0 spiro atoms. The number of anilines is 1. The van der Waals surface area contributed by atoms with Gasteiger partial charge in [-0.25, -0.2) is 4.98 Å². The van der Waals surface area contributed by atoms with Crippen molar-refractivity contribution in [2.45, 2.75) is 53.0 Å². The van der Waals surface area contributed by atoms with Crippen LogP contribution in [0, 0.1) is 0 Å². The van der Waals surface area contributed by atoms with Crippen LogP contribution in [0.2, 0.25) is 0 Å². The number of pyridine rings is 1. The molecule has 0 aliphatic carbocycles. The lowest BCUT2D eigenvalue weighted by Gasteiger charge is -2.21. The highest BCUT2D eigenvalue weighted by atomic mass is 16.2. The molecule has 1 unspecified atom stereocenters. The topological polar surface area (TPSA) is 45.2 Å². The Kier molecular flexibility index (Phi) is 7.05. The second-order valence-electron chi connectivity index (χ2n) is 5.18. The molecule has 1 atom stereocenters. The lowest BCUT2D eigenvalue weighted by molar-refractivity contribution is 0.0755. The monoisotopic (exact) mass is 277 g/mol. The van der Waals surface area contributed by atoms with Gasteiger partial charge in [-0.3, -0.25) is 4.79 Å². The molecule has 20 heavy (non-hydrogen) atoms. The standard InChI is InChI=1S/C16H27N3O/c1-5-10-19(11-6-2)16(20)14-8-9-15(17-12-14)18-13(4)7-3/h8-9,12-13H,5-7,10-11H2,1-4H3,(H,17,18). The average Bonchev–Trinajstić information content (AvgIpc) is 2.47. The van der Waals surface area contributed by atoms with Crippen LogP contribution in [0.4, 0.5) is 5.82 Å². The molecule has 4 heteroatoms. The van der Waals surface area contributed by atoms with E-state index < -0.39 is 0 Å². The molecular weight excluding hydrogens is 250 g/mol. The molecule has 0 bridgehead atoms. The van der Waals surface area contributed by atoms with E-state index in [-0.39, 0.29) is 5.91 Å². The molecule has 0 radical (unpaired) electrons. The summed E-state index contributed by atoms with van der Waals surface area (Å²) >= 11 is 0. The van der Waals surface area contributed by atoms with Crippen molar-refractivity contribution in [1.29, 1.82) is 0 Å². The minimum absolute atomic E-state index is 0.0799. The number of nitrogens with zero attached hydrogens (tertiary/aromatic N) is 2. The minimum Gasteiger partial charge on any atom is -0.368 e. The first-order valence-corrected chi connectivity index (χ1v) is 7.64. The summed E-state index contributed by atoms with van der Waals surface area (Å²) in [6, 6.07) is 4.13. The lowest BCUT2D eigenvalue weighted by atomic mass is 10.2. The Morgan fingerprint density at radius 1 is 1.25 bits per heavy atom. The average molecular weight is 277 g/mol. The number of hydrogen-bond acceptors (Lipinski definition) is 3. The fraction of sp³-hybridized carbons (Fsp3) is 0.625. The molecule has 0 aliphatic rings. The van der Waals surface area contributed by atoms with Gasteiger partial charge >= 0.3 is 0 Å². The van der Waals surface area contributed by atoms with Gasteiger partial charge in [-0.2, -0.15) is 0 Å². The van der Waals surface area contributed by atoms with E-state index in [1.807, 2.05) is 17.0 Å². The smallest absolute Gasteiger partial charge is 0.255 e. The summed E-state index contributed by atoms with van der Waals surface area (Å²) < 4.78 is 0. The number of nitrogens with one attached hydrogen (secondary N) is 1. The van der Waals surface area contributed by atoms with Gasteiger partial charge in [-0.05, 0) is 38.3 Å². The van der Waals surface area contributed by atoms with Gasteiger partial charge in [0, 0.05) is 25.3 Å². The third-order valence-corrected chi connectivity index (χ3v) is 3.29. The molecule has 1 amide bonds. The molecule has 1 heterocycles. The van der Waals surface area contributed by atoms with Crippen molar-refractivity contribution < 1.29 is 4.79 Å². The third-order valence-electron chi connectivity index (χ3n) is 3.29. The second-order valence-corrected chi connectivity index (χ2v) is 5.18. The molecule has 0 aromatic carbocycles. The first-order chi connectivity index (χ1) is 9.62. The largest absolute Gasteiger partial charge is 0.368 e. The lowest BCUT2D eigenvalue weighted by Crippen LogP contribution is -2.32. The van der Waals surface area contributed by atoms with E-state index in [0.29, 0.717) is 11.6 Å². The summed E-state index contributed by atoms with van der Waals surface area (Å²) in [5.41, 5.74) is 0.668. The van der Waals surface area contributed by atoms with Gasteiger partial charge in [0.15, 0.2) is 0 Å². The Balaban J connectivity index is 2.73. The Hall–Kier alpha value is -1.58. The zero-order chi connectivity index (χ0) is 15.0. The highest BCUT2D eigenvalue weighted by Gasteiger charge is 2.14. The van der Waals surface area contributed by atoms with Crippen LogP contribution in [-0.2, 0) is 0 Å². The van der Waals surface area contributed by atoms with Gasteiger partial charge in [0.05, 0.1) is 5.56 Å². The van der Waals surface area contributed by atoms with Crippen LogP contribution in [-0.4, -0.2) is 34.9 Å². The molecule has 0 aliphatic heterocycles. The number of amides is 1. The normalized spacial score (nSPS) is 12.0. The van der Waals surface area contributed by atoms with Crippen molar-refractivity contribution >= 4 is 11.7 Å². The van der Waals surface area contributed by atoms with Crippen LogP contribution < -0.4 is 5.32 Å². The van der Waals surface area contributed by atoms with E-state index >= 15 is 0 Å². The van der Waals surface area contributed by atoms with Crippen LogP contribution in [0.25, 0.3) is 0 Å². The van der Waals surface area contributed by atoms with Crippen LogP contribution in [0.1, 0.15) is 57.3 Å². The molecule has 0 fully saturated rings. The van der Waals surface area contributed by atoms with Crippen molar-refractivity contribution in [3.63, 3.8) is 0 Å². The van der Waals surface area contributed by atoms with Crippen LogP contribution >= 0.6 is 0 Å². The first-order valence-electron chi connectivity index (χ1n) is 7.64. The molecule has 1 N–H and O–H groups in total. The van der Waals surface area contributed by atoms with E-state index in [1.54, 1.807) is 6.20 Å². The summed E-state index contributed by atoms with van der Waals surface area (Å²) in [5.74, 6) is 0.907.